The van der Waals surface area contributed by atoms with Gasteiger partial charge in [0.2, 0.25) is 5.91 Å². The number of nitrogens with one attached hydrogen (secondary N) is 1. The lowest BCUT2D eigenvalue weighted by molar-refractivity contribution is -0.119. The van der Waals surface area contributed by atoms with E-state index in [1.54, 1.807) is 0 Å². The summed E-state index contributed by atoms with van der Waals surface area (Å²) in [5, 5.41) is 12.1. The fraction of sp³-hybridized carbons (Fsp3) is 0.389. The zero-order valence-electron chi connectivity index (χ0n) is 13.7. The zero-order valence-corrected chi connectivity index (χ0v) is 14.5. The van der Waals surface area contributed by atoms with E-state index in [1.165, 1.54) is 17.3 Å². The predicted molar refractivity (Wildman–Crippen MR) is 94.9 cm³/mol. The molecule has 1 atom stereocenters. The number of nitrogens with zero attached hydrogens (tertiary/aromatic N) is 2. The summed E-state index contributed by atoms with van der Waals surface area (Å²) in [6, 6.07) is 11.9. The third kappa shape index (κ3) is 4.55. The molecule has 0 unspecified atom stereocenters. The predicted octanol–water partition coefficient (Wildman–Crippen LogP) is 2.84. The molecule has 0 bridgehead atoms. The molecule has 5 nitrogen and oxygen atoms in total. The average Bonchev–Trinajstić information content (AvgIpc) is 3.13. The molecule has 0 radical (unpaired) electrons. The van der Waals surface area contributed by atoms with Crippen molar-refractivity contribution in [1.82, 2.24) is 15.5 Å². The smallest absolute Gasteiger partial charge is 0.230 e. The minimum absolute atomic E-state index is 0.000260. The molecule has 0 aliphatic carbocycles. The van der Waals surface area contributed by atoms with E-state index in [9.17, 15) is 4.79 Å². The number of hydrogen-bond donors (Lipinski definition) is 1. The summed E-state index contributed by atoms with van der Waals surface area (Å²) in [6.45, 7) is 3.45. The molecule has 24 heavy (non-hydrogen) atoms. The van der Waals surface area contributed by atoms with E-state index < -0.39 is 0 Å². The lowest BCUT2D eigenvalue weighted by Crippen LogP contribution is -2.32. The monoisotopic (exact) mass is 343 g/mol. The second-order valence-corrected chi connectivity index (χ2v) is 6.80. The minimum Gasteiger partial charge on any atom is -0.376 e. The molecule has 6 heteroatoms. The molecule has 1 aliphatic rings. The Bertz CT molecular complexity index is 685. The number of rotatable bonds is 6. The summed E-state index contributed by atoms with van der Waals surface area (Å²) in [7, 11) is 0. The highest BCUT2D eigenvalue weighted by molar-refractivity contribution is 7.99. The molecule has 1 amide bonds. The number of carbonyl (C=O) groups excluding carboxylic acids is 1. The third-order valence-corrected chi connectivity index (χ3v) is 4.88. The van der Waals surface area contributed by atoms with Crippen molar-refractivity contribution in [2.75, 3.05) is 18.9 Å². The van der Waals surface area contributed by atoms with Crippen LogP contribution in [0.3, 0.4) is 0 Å². The van der Waals surface area contributed by atoms with Gasteiger partial charge in [0, 0.05) is 18.7 Å². The molecule has 1 saturated heterocycles. The Morgan fingerprint density at radius 2 is 2.17 bits per heavy atom. The summed E-state index contributed by atoms with van der Waals surface area (Å²) in [5.74, 6) is 0.339. The van der Waals surface area contributed by atoms with Gasteiger partial charge in [0.05, 0.1) is 17.6 Å². The topological polar surface area (TPSA) is 64.1 Å². The van der Waals surface area contributed by atoms with E-state index >= 15 is 0 Å². The highest BCUT2D eigenvalue weighted by Gasteiger charge is 2.16. The van der Waals surface area contributed by atoms with Crippen LogP contribution in [-0.4, -0.2) is 41.1 Å². The first-order valence-corrected chi connectivity index (χ1v) is 9.12. The Hall–Kier alpha value is -1.92. The highest BCUT2D eigenvalue weighted by Crippen LogP contribution is 2.22. The van der Waals surface area contributed by atoms with Gasteiger partial charge in [-0.05, 0) is 37.5 Å². The fourth-order valence-electron chi connectivity index (χ4n) is 2.62. The van der Waals surface area contributed by atoms with Crippen molar-refractivity contribution < 1.29 is 9.53 Å². The molecule has 0 spiro atoms. The van der Waals surface area contributed by atoms with E-state index in [2.05, 4.69) is 28.5 Å². The van der Waals surface area contributed by atoms with Gasteiger partial charge in [-0.15, -0.1) is 10.2 Å². The van der Waals surface area contributed by atoms with Crippen molar-refractivity contribution in [2.45, 2.75) is 30.9 Å². The maximum atomic E-state index is 11.9. The van der Waals surface area contributed by atoms with E-state index in [0.717, 1.165) is 35.7 Å². The number of amides is 1. The second kappa shape index (κ2) is 8.26. The van der Waals surface area contributed by atoms with E-state index in [4.69, 9.17) is 4.74 Å². The van der Waals surface area contributed by atoms with Crippen molar-refractivity contribution in [2.24, 2.45) is 0 Å². The summed E-state index contributed by atoms with van der Waals surface area (Å²) >= 11 is 1.39. The van der Waals surface area contributed by atoms with Crippen LogP contribution in [0, 0.1) is 6.92 Å². The second-order valence-electron chi connectivity index (χ2n) is 5.80. The van der Waals surface area contributed by atoms with Gasteiger partial charge >= 0.3 is 0 Å². The summed E-state index contributed by atoms with van der Waals surface area (Å²) in [5.41, 5.74) is 3.09. The zero-order chi connectivity index (χ0) is 16.8. The standard InChI is InChI=1S/C18H21N3O2S/c1-13-5-2-3-7-15(13)16-8-9-18(21-20-16)24-12-17(22)19-11-14-6-4-10-23-14/h2-3,5,7-9,14H,4,6,10-12H2,1H3,(H,19,22)/t14-/m0/s1. The number of thioether (sulfide) groups is 1. The molecule has 1 aromatic heterocycles. The minimum atomic E-state index is 0.000260. The number of aromatic nitrogens is 2. The summed E-state index contributed by atoms with van der Waals surface area (Å²) < 4.78 is 5.49. The number of ether oxygens (including phenoxy) is 1. The van der Waals surface area contributed by atoms with Gasteiger partial charge in [-0.1, -0.05) is 36.0 Å². The van der Waals surface area contributed by atoms with Crippen LogP contribution in [0.15, 0.2) is 41.4 Å². The number of benzene rings is 1. The number of aryl methyl sites for hydroxylation is 1. The van der Waals surface area contributed by atoms with Crippen molar-refractivity contribution in [3.63, 3.8) is 0 Å². The van der Waals surface area contributed by atoms with Crippen LogP contribution >= 0.6 is 11.8 Å². The van der Waals surface area contributed by atoms with Gasteiger partial charge in [0.15, 0.2) is 0 Å². The number of carbonyl (C=O) groups is 1. The summed E-state index contributed by atoms with van der Waals surface area (Å²) in [6.07, 6.45) is 2.28. The molecule has 1 N–H and O–H groups in total. The van der Waals surface area contributed by atoms with Gasteiger partial charge in [-0.2, -0.15) is 0 Å². The molecule has 3 rings (SSSR count). The molecular weight excluding hydrogens is 322 g/mol. The Labute approximate surface area is 146 Å². The molecule has 2 heterocycles. The molecule has 0 saturated carbocycles. The first-order valence-electron chi connectivity index (χ1n) is 8.13. The van der Waals surface area contributed by atoms with Gasteiger partial charge in [-0.25, -0.2) is 0 Å². The highest BCUT2D eigenvalue weighted by atomic mass is 32.2. The van der Waals surface area contributed by atoms with Crippen LogP contribution in [0.1, 0.15) is 18.4 Å². The maximum absolute atomic E-state index is 11.9. The Kier molecular flexibility index (Phi) is 5.82. The van der Waals surface area contributed by atoms with Crippen LogP contribution in [-0.2, 0) is 9.53 Å². The molecule has 1 aromatic carbocycles. The molecule has 2 aromatic rings. The lowest BCUT2D eigenvalue weighted by atomic mass is 10.1. The first kappa shape index (κ1) is 16.9. The molecular formula is C18H21N3O2S. The van der Waals surface area contributed by atoms with E-state index in [-0.39, 0.29) is 12.0 Å². The van der Waals surface area contributed by atoms with Crippen molar-refractivity contribution >= 4 is 17.7 Å². The van der Waals surface area contributed by atoms with Crippen molar-refractivity contribution in [3.8, 4) is 11.3 Å². The van der Waals surface area contributed by atoms with Crippen LogP contribution in [0.25, 0.3) is 11.3 Å². The molecule has 1 aliphatic heterocycles. The normalized spacial score (nSPS) is 17.0. The van der Waals surface area contributed by atoms with Crippen LogP contribution < -0.4 is 5.32 Å². The van der Waals surface area contributed by atoms with Crippen LogP contribution in [0.2, 0.25) is 0 Å². The number of hydrogen-bond acceptors (Lipinski definition) is 5. The van der Waals surface area contributed by atoms with E-state index in [0.29, 0.717) is 12.3 Å². The van der Waals surface area contributed by atoms with Gasteiger partial charge < -0.3 is 10.1 Å². The van der Waals surface area contributed by atoms with Crippen molar-refractivity contribution in [3.05, 3.63) is 42.0 Å². The average molecular weight is 343 g/mol. The van der Waals surface area contributed by atoms with E-state index in [1.807, 2.05) is 30.3 Å². The molecule has 1 fully saturated rings. The SMILES string of the molecule is Cc1ccccc1-c1ccc(SCC(=O)NC[C@@H]2CCCO2)nn1. The van der Waals surface area contributed by atoms with Crippen LogP contribution in [0.5, 0.6) is 0 Å². The Balaban J connectivity index is 1.49. The summed E-state index contributed by atoms with van der Waals surface area (Å²) in [4.78, 5) is 11.9. The fourth-order valence-corrected chi connectivity index (χ4v) is 3.27. The van der Waals surface area contributed by atoms with Gasteiger partial charge in [-0.3, -0.25) is 4.79 Å². The largest absolute Gasteiger partial charge is 0.376 e. The maximum Gasteiger partial charge on any atom is 0.230 e. The quantitative estimate of drug-likeness (QED) is 0.817. The van der Waals surface area contributed by atoms with Gasteiger partial charge in [0.1, 0.15) is 5.03 Å². The third-order valence-electron chi connectivity index (χ3n) is 3.96. The first-order chi connectivity index (χ1) is 11.7. The van der Waals surface area contributed by atoms with Crippen molar-refractivity contribution in [1.29, 1.82) is 0 Å². The lowest BCUT2D eigenvalue weighted by Gasteiger charge is -2.10. The Morgan fingerprint density at radius 3 is 2.88 bits per heavy atom. The molecule has 126 valence electrons. The van der Waals surface area contributed by atoms with Crippen LogP contribution in [0.4, 0.5) is 0 Å². The Morgan fingerprint density at radius 1 is 1.29 bits per heavy atom. The van der Waals surface area contributed by atoms with Gasteiger partial charge in [0.25, 0.3) is 0 Å².